The monoisotopic (exact) mass is 547 g/mol. The van der Waals surface area contributed by atoms with Gasteiger partial charge in [-0.15, -0.1) is 0 Å². The van der Waals surface area contributed by atoms with Crippen molar-refractivity contribution in [2.75, 3.05) is 7.11 Å². The Bertz CT molecular complexity index is 788. The molecule has 0 bridgehead atoms. The van der Waals surface area contributed by atoms with Gasteiger partial charge < -0.3 is 14.8 Å². The lowest BCUT2D eigenvalue weighted by Gasteiger charge is -2.27. The third kappa shape index (κ3) is 5.82. The molecule has 0 heterocycles. The number of methoxy groups -OCH3 is 1. The van der Waals surface area contributed by atoms with Gasteiger partial charge in [0.25, 0.3) is 5.91 Å². The fourth-order valence-corrected chi connectivity index (χ4v) is 2.66. The number of ether oxygens (including phenoxy) is 2. The van der Waals surface area contributed by atoms with Crippen LogP contribution in [0, 0.1) is 6.92 Å². The van der Waals surface area contributed by atoms with E-state index >= 15 is 0 Å². The van der Waals surface area contributed by atoms with Crippen molar-refractivity contribution in [3.8, 4) is 5.75 Å². The van der Waals surface area contributed by atoms with Gasteiger partial charge in [-0.25, -0.2) is 4.79 Å². The molecule has 0 aromatic heterocycles. The summed E-state index contributed by atoms with van der Waals surface area (Å²) >= 11 is 10.1. The van der Waals surface area contributed by atoms with Crippen molar-refractivity contribution < 1.29 is 19.1 Å². The Morgan fingerprint density at radius 3 is 2.27 bits per heavy atom. The number of carbonyl (C=O) groups is 2. The summed E-state index contributed by atoms with van der Waals surface area (Å²) in [6, 6.07) is 13.7. The number of alkyl halides is 3. The Labute approximate surface area is 176 Å². The molecule has 0 saturated heterocycles. The molecular weight excluding hydrogens is 534 g/mol. The Morgan fingerprint density at radius 1 is 1.04 bits per heavy atom. The van der Waals surface area contributed by atoms with Crippen molar-refractivity contribution in [1.82, 2.24) is 5.32 Å². The van der Waals surface area contributed by atoms with E-state index in [1.165, 1.54) is 13.2 Å². The summed E-state index contributed by atoms with van der Waals surface area (Å²) in [4.78, 5) is 24.2. The van der Waals surface area contributed by atoms with E-state index < -0.39 is 14.3 Å². The van der Waals surface area contributed by atoms with Crippen LogP contribution in [0.1, 0.15) is 26.3 Å². The summed E-state index contributed by atoms with van der Waals surface area (Å²) in [5.41, 5.74) is 1.91. The van der Waals surface area contributed by atoms with Gasteiger partial charge in [-0.2, -0.15) is 0 Å². The van der Waals surface area contributed by atoms with Crippen LogP contribution in [0.3, 0.4) is 0 Å². The average molecular weight is 550 g/mol. The molecule has 2 aromatic rings. The van der Waals surface area contributed by atoms with Gasteiger partial charge in [-0.1, -0.05) is 71.6 Å². The molecule has 0 aliphatic heterocycles. The Morgan fingerprint density at radius 2 is 1.69 bits per heavy atom. The minimum Gasteiger partial charge on any atom is -0.467 e. The number of amides is 1. The maximum Gasteiger partial charge on any atom is 0.337 e. The largest absolute Gasteiger partial charge is 0.467 e. The van der Waals surface area contributed by atoms with Crippen LogP contribution in [0.2, 0.25) is 0 Å². The van der Waals surface area contributed by atoms with E-state index in [2.05, 4.69) is 53.1 Å². The quantitative estimate of drug-likeness (QED) is 0.332. The number of hydrogen-bond acceptors (Lipinski definition) is 4. The zero-order chi connectivity index (χ0) is 19.3. The fraction of sp³-hybridized carbons (Fsp3) is 0.222. The van der Waals surface area contributed by atoms with Crippen molar-refractivity contribution in [2.45, 2.75) is 15.3 Å². The molecule has 0 saturated carbocycles. The number of nitrogens with one attached hydrogen (secondary N) is 1. The number of halogens is 3. The molecule has 0 aliphatic carbocycles. The summed E-state index contributed by atoms with van der Waals surface area (Å²) in [5.74, 6) is -0.384. The second-order valence-corrected chi connectivity index (χ2v) is 12.3. The van der Waals surface area contributed by atoms with Crippen LogP contribution in [0.5, 0.6) is 5.75 Å². The lowest BCUT2D eigenvalue weighted by Crippen LogP contribution is -2.47. The van der Waals surface area contributed by atoms with Crippen LogP contribution in [-0.4, -0.2) is 27.4 Å². The van der Waals surface area contributed by atoms with Crippen LogP contribution in [-0.2, 0) is 4.74 Å². The third-order valence-electron chi connectivity index (χ3n) is 3.38. The standard InChI is InChI=1S/C18H16Br3NO4/c1-11-6-8-12(9-7-11)15(23)22-17(18(19,20)21)26-14-5-3-4-13(10-14)16(24)25-2/h3-10,17H,1-2H3,(H,22,23). The molecule has 8 heteroatoms. The molecule has 138 valence electrons. The summed E-state index contributed by atoms with van der Waals surface area (Å²) in [7, 11) is 1.31. The molecule has 2 aromatic carbocycles. The third-order valence-corrected chi connectivity index (χ3v) is 4.63. The molecule has 1 N–H and O–H groups in total. The van der Waals surface area contributed by atoms with Gasteiger partial charge in [-0.05, 0) is 37.3 Å². The molecule has 0 spiro atoms. The van der Waals surface area contributed by atoms with E-state index in [9.17, 15) is 9.59 Å². The van der Waals surface area contributed by atoms with Crippen molar-refractivity contribution >= 4 is 59.7 Å². The highest BCUT2D eigenvalue weighted by Gasteiger charge is 2.34. The minimum atomic E-state index is -0.922. The van der Waals surface area contributed by atoms with Gasteiger partial charge in [0.05, 0.1) is 12.7 Å². The SMILES string of the molecule is COC(=O)c1cccc(OC(NC(=O)c2ccc(C)cc2)C(Br)(Br)Br)c1. The lowest BCUT2D eigenvalue weighted by atomic mass is 10.1. The Balaban J connectivity index is 2.19. The Hall–Kier alpha value is -1.38. The molecule has 1 amide bonds. The van der Waals surface area contributed by atoms with Crippen LogP contribution in [0.25, 0.3) is 0 Å². The normalized spacial score (nSPS) is 12.2. The zero-order valence-corrected chi connectivity index (χ0v) is 18.7. The van der Waals surface area contributed by atoms with Gasteiger partial charge in [-0.3, -0.25) is 4.79 Å². The van der Waals surface area contributed by atoms with Gasteiger partial charge in [0.15, 0.2) is 2.14 Å². The van der Waals surface area contributed by atoms with Gasteiger partial charge >= 0.3 is 5.97 Å². The number of carbonyl (C=O) groups excluding carboxylic acids is 2. The number of aryl methyl sites for hydroxylation is 1. The molecule has 0 aliphatic rings. The molecule has 0 fully saturated rings. The number of hydrogen-bond donors (Lipinski definition) is 1. The van der Waals surface area contributed by atoms with Crippen LogP contribution >= 0.6 is 47.8 Å². The lowest BCUT2D eigenvalue weighted by molar-refractivity contribution is 0.0598. The maximum atomic E-state index is 12.5. The maximum absolute atomic E-state index is 12.5. The second kappa shape index (κ2) is 9.01. The summed E-state index contributed by atoms with van der Waals surface area (Å²) < 4.78 is 9.63. The predicted octanol–water partition coefficient (Wildman–Crippen LogP) is 4.76. The Kier molecular flexibility index (Phi) is 7.25. The summed E-state index contributed by atoms with van der Waals surface area (Å²) in [6.45, 7) is 1.95. The number of esters is 1. The molecule has 1 unspecified atom stereocenters. The first-order chi connectivity index (χ1) is 12.2. The second-order valence-electron chi connectivity index (χ2n) is 5.40. The van der Waals surface area contributed by atoms with Gasteiger partial charge in [0, 0.05) is 5.56 Å². The van der Waals surface area contributed by atoms with Crippen molar-refractivity contribution in [2.24, 2.45) is 0 Å². The molecular formula is C18H16Br3NO4. The first-order valence-electron chi connectivity index (χ1n) is 7.50. The number of rotatable bonds is 5. The van der Waals surface area contributed by atoms with E-state index in [1.54, 1.807) is 30.3 Å². The topological polar surface area (TPSA) is 64.6 Å². The highest BCUT2D eigenvalue weighted by molar-refractivity contribution is 9.39. The van der Waals surface area contributed by atoms with Gasteiger partial charge in [0.2, 0.25) is 6.23 Å². The van der Waals surface area contributed by atoms with E-state index in [0.717, 1.165) is 5.56 Å². The zero-order valence-electron chi connectivity index (χ0n) is 14.0. The molecule has 0 radical (unpaired) electrons. The molecule has 26 heavy (non-hydrogen) atoms. The molecule has 2 rings (SSSR count). The highest BCUT2D eigenvalue weighted by atomic mass is 80.0. The smallest absolute Gasteiger partial charge is 0.337 e. The number of benzene rings is 2. The molecule has 1 atom stereocenters. The van der Waals surface area contributed by atoms with E-state index in [0.29, 0.717) is 16.9 Å². The van der Waals surface area contributed by atoms with E-state index in [-0.39, 0.29) is 5.91 Å². The first-order valence-corrected chi connectivity index (χ1v) is 9.88. The summed E-state index contributed by atoms with van der Waals surface area (Å²) in [5, 5.41) is 2.79. The van der Waals surface area contributed by atoms with E-state index in [4.69, 9.17) is 9.47 Å². The highest BCUT2D eigenvalue weighted by Crippen LogP contribution is 2.38. The van der Waals surface area contributed by atoms with Crippen LogP contribution in [0.15, 0.2) is 48.5 Å². The predicted molar refractivity (Wildman–Crippen MR) is 110 cm³/mol. The fourth-order valence-electron chi connectivity index (χ4n) is 2.04. The average Bonchev–Trinajstić information content (AvgIpc) is 2.60. The minimum absolute atomic E-state index is 0.304. The van der Waals surface area contributed by atoms with Crippen molar-refractivity contribution in [3.05, 3.63) is 65.2 Å². The van der Waals surface area contributed by atoms with Crippen molar-refractivity contribution in [3.63, 3.8) is 0 Å². The van der Waals surface area contributed by atoms with Crippen molar-refractivity contribution in [1.29, 1.82) is 0 Å². The van der Waals surface area contributed by atoms with Crippen LogP contribution < -0.4 is 10.1 Å². The van der Waals surface area contributed by atoms with Gasteiger partial charge in [0.1, 0.15) is 5.75 Å². The first kappa shape index (κ1) is 20.9. The van der Waals surface area contributed by atoms with E-state index in [1.807, 2.05) is 19.1 Å². The van der Waals surface area contributed by atoms with Crippen LogP contribution in [0.4, 0.5) is 0 Å². The summed E-state index contributed by atoms with van der Waals surface area (Å²) in [6.07, 6.45) is -0.829. The molecule has 5 nitrogen and oxygen atoms in total.